The van der Waals surface area contributed by atoms with E-state index in [0.29, 0.717) is 18.4 Å². The quantitative estimate of drug-likeness (QED) is 0.174. The lowest BCUT2D eigenvalue weighted by atomic mass is 10.1. The van der Waals surface area contributed by atoms with Crippen molar-refractivity contribution in [2.45, 2.75) is 97.6 Å². The number of ether oxygens (including phenoxy) is 5. The molecule has 0 amide bonds. The first-order chi connectivity index (χ1) is 17.7. The number of hydrogen-bond acceptors (Lipinski definition) is 10. The largest absolute Gasteiger partial charge is 0.508 e. The van der Waals surface area contributed by atoms with Gasteiger partial charge < -0.3 is 29.4 Å². The minimum Gasteiger partial charge on any atom is -0.458 e. The number of nitrogens with two attached hydrogens (primary N) is 1. The van der Waals surface area contributed by atoms with E-state index < -0.39 is 36.2 Å². The van der Waals surface area contributed by atoms with Crippen molar-refractivity contribution in [2.75, 3.05) is 13.2 Å². The lowest BCUT2D eigenvalue weighted by Crippen LogP contribution is -2.37. The van der Waals surface area contributed by atoms with Gasteiger partial charge in [-0.1, -0.05) is 45.6 Å². The van der Waals surface area contributed by atoms with Crippen LogP contribution in [0.5, 0.6) is 11.5 Å². The summed E-state index contributed by atoms with van der Waals surface area (Å²) in [7, 11) is 0. The van der Waals surface area contributed by atoms with Gasteiger partial charge >= 0.3 is 24.1 Å². The molecular weight excluding hydrogens is 482 g/mol. The van der Waals surface area contributed by atoms with E-state index >= 15 is 0 Å². The number of esters is 3. The molecule has 0 unspecified atom stereocenters. The Morgan fingerprint density at radius 2 is 1.43 bits per heavy atom. The summed E-state index contributed by atoms with van der Waals surface area (Å²) >= 11 is 0. The van der Waals surface area contributed by atoms with E-state index in [2.05, 4.69) is 4.74 Å². The molecular formula is C27H41NO9. The average Bonchev–Trinajstić information content (AvgIpc) is 2.84. The molecule has 0 aliphatic rings. The Labute approximate surface area is 219 Å². The molecule has 0 saturated carbocycles. The van der Waals surface area contributed by atoms with E-state index in [0.717, 1.165) is 25.7 Å². The fourth-order valence-corrected chi connectivity index (χ4v) is 3.23. The molecule has 1 rings (SSSR count). The molecule has 2 atom stereocenters. The highest BCUT2D eigenvalue weighted by atomic mass is 16.7. The van der Waals surface area contributed by atoms with E-state index in [1.165, 1.54) is 12.1 Å². The lowest BCUT2D eigenvalue weighted by Gasteiger charge is -2.17. The molecule has 10 nitrogen and oxygen atoms in total. The molecule has 1 aromatic rings. The Hall–Kier alpha value is -3.14. The summed E-state index contributed by atoms with van der Waals surface area (Å²) < 4.78 is 25.7. The minimum absolute atomic E-state index is 0.0788. The Bertz CT molecular complexity index is 871. The van der Waals surface area contributed by atoms with Crippen molar-refractivity contribution >= 4 is 24.1 Å². The van der Waals surface area contributed by atoms with Crippen LogP contribution in [0.1, 0.15) is 84.6 Å². The topological polar surface area (TPSA) is 140 Å². The molecule has 37 heavy (non-hydrogen) atoms. The van der Waals surface area contributed by atoms with Crippen molar-refractivity contribution in [2.24, 2.45) is 5.73 Å². The molecule has 0 aliphatic heterocycles. The van der Waals surface area contributed by atoms with E-state index in [9.17, 15) is 19.2 Å². The molecule has 0 aromatic heterocycles. The van der Waals surface area contributed by atoms with Gasteiger partial charge in [-0.05, 0) is 50.8 Å². The summed E-state index contributed by atoms with van der Waals surface area (Å²) in [5, 5.41) is 0. The maximum Gasteiger partial charge on any atom is 0.508 e. The fraction of sp³-hybridized carbons (Fsp3) is 0.630. The van der Waals surface area contributed by atoms with Gasteiger partial charge in [0.25, 0.3) is 0 Å². The Balaban J connectivity index is 2.84. The molecule has 1 aromatic carbocycles. The first kappa shape index (κ1) is 31.9. The van der Waals surface area contributed by atoms with Crippen molar-refractivity contribution in [3.05, 3.63) is 23.8 Å². The Kier molecular flexibility index (Phi) is 15.6. The fourth-order valence-electron chi connectivity index (χ4n) is 3.23. The van der Waals surface area contributed by atoms with Crippen molar-refractivity contribution in [1.82, 2.24) is 0 Å². The highest BCUT2D eigenvalue weighted by Crippen LogP contribution is 2.30. The maximum absolute atomic E-state index is 12.4. The second-order valence-electron chi connectivity index (χ2n) is 8.70. The second kappa shape index (κ2) is 18.2. The lowest BCUT2D eigenvalue weighted by molar-refractivity contribution is -0.152. The highest BCUT2D eigenvalue weighted by molar-refractivity contribution is 5.77. The number of unbranched alkanes of at least 4 members (excludes halogenated alkanes) is 4. The van der Waals surface area contributed by atoms with Crippen LogP contribution in [0.4, 0.5) is 4.79 Å². The van der Waals surface area contributed by atoms with Gasteiger partial charge in [0.2, 0.25) is 0 Å². The Morgan fingerprint density at radius 1 is 0.838 bits per heavy atom. The van der Waals surface area contributed by atoms with Crippen LogP contribution in [0.25, 0.3) is 0 Å². The summed E-state index contributed by atoms with van der Waals surface area (Å²) in [5.74, 6) is -1.31. The van der Waals surface area contributed by atoms with Crippen molar-refractivity contribution < 1.29 is 42.9 Å². The number of carbonyl (C=O) groups is 4. The van der Waals surface area contributed by atoms with E-state index in [-0.39, 0.29) is 44.0 Å². The van der Waals surface area contributed by atoms with Crippen LogP contribution in [0.2, 0.25) is 0 Å². The van der Waals surface area contributed by atoms with Crippen LogP contribution >= 0.6 is 0 Å². The molecule has 0 saturated heterocycles. The van der Waals surface area contributed by atoms with Crippen molar-refractivity contribution in [3.63, 3.8) is 0 Å². The summed E-state index contributed by atoms with van der Waals surface area (Å²) in [5.41, 5.74) is 6.61. The van der Waals surface area contributed by atoms with E-state index in [4.69, 9.17) is 24.7 Å². The zero-order valence-corrected chi connectivity index (χ0v) is 22.4. The van der Waals surface area contributed by atoms with Crippen LogP contribution < -0.4 is 15.2 Å². The molecule has 0 bridgehead atoms. The summed E-state index contributed by atoms with van der Waals surface area (Å²) in [6.07, 6.45) is 4.14. The van der Waals surface area contributed by atoms with Gasteiger partial charge in [0.15, 0.2) is 11.5 Å². The normalized spacial score (nSPS) is 12.2. The van der Waals surface area contributed by atoms with Gasteiger partial charge in [-0.2, -0.15) is 0 Å². The summed E-state index contributed by atoms with van der Waals surface area (Å²) in [6.45, 7) is 7.28. The number of rotatable bonds is 17. The van der Waals surface area contributed by atoms with Gasteiger partial charge in [-0.15, -0.1) is 0 Å². The van der Waals surface area contributed by atoms with Gasteiger partial charge in [0, 0.05) is 12.8 Å². The van der Waals surface area contributed by atoms with Crippen molar-refractivity contribution in [1.29, 1.82) is 0 Å². The second-order valence-corrected chi connectivity index (χ2v) is 8.70. The SMILES string of the molecule is CCCCCC(=O)Oc1ccc(C[C@H](N)C(=O)O[C@@H](C)COC(=O)OCC)cc1OC(=O)CCCCC. The molecule has 0 aliphatic carbocycles. The van der Waals surface area contributed by atoms with Gasteiger partial charge in [0.05, 0.1) is 6.61 Å². The predicted molar refractivity (Wildman–Crippen MR) is 136 cm³/mol. The molecule has 10 heteroatoms. The molecule has 0 spiro atoms. The van der Waals surface area contributed by atoms with Crippen LogP contribution in [0, 0.1) is 0 Å². The maximum atomic E-state index is 12.4. The smallest absolute Gasteiger partial charge is 0.458 e. The van der Waals surface area contributed by atoms with Gasteiger partial charge in [-0.3, -0.25) is 14.4 Å². The zero-order chi connectivity index (χ0) is 27.6. The highest BCUT2D eigenvalue weighted by Gasteiger charge is 2.21. The van der Waals surface area contributed by atoms with Crippen molar-refractivity contribution in [3.8, 4) is 11.5 Å². The average molecular weight is 524 g/mol. The molecule has 0 radical (unpaired) electrons. The molecule has 2 N–H and O–H groups in total. The van der Waals surface area contributed by atoms with E-state index in [1.807, 2.05) is 13.8 Å². The monoisotopic (exact) mass is 523 g/mol. The number of hydrogen-bond donors (Lipinski definition) is 1. The van der Waals surface area contributed by atoms with Crippen LogP contribution in [-0.2, 0) is 35.0 Å². The standard InChI is InChI=1S/C27H41NO9/c1-5-8-10-12-24(29)36-22-15-14-20(17-23(22)37-25(30)13-11-9-6-2)16-21(28)26(31)35-19(4)18-34-27(32)33-7-3/h14-15,17,19,21H,5-13,16,18,28H2,1-4H3/t19-,21-/m0/s1. The third-order valence-electron chi connectivity index (χ3n) is 5.20. The first-order valence-corrected chi connectivity index (χ1v) is 13.0. The third kappa shape index (κ3) is 13.7. The molecule has 0 heterocycles. The van der Waals surface area contributed by atoms with Crippen LogP contribution in [0.3, 0.4) is 0 Å². The Morgan fingerprint density at radius 3 is 2.00 bits per heavy atom. The third-order valence-corrected chi connectivity index (χ3v) is 5.20. The van der Waals surface area contributed by atoms with E-state index in [1.54, 1.807) is 19.9 Å². The minimum atomic E-state index is -1.03. The first-order valence-electron chi connectivity index (χ1n) is 13.0. The molecule has 0 fully saturated rings. The number of benzene rings is 1. The van der Waals surface area contributed by atoms with Crippen LogP contribution in [-0.4, -0.2) is 49.4 Å². The zero-order valence-electron chi connectivity index (χ0n) is 22.4. The summed E-state index contributed by atoms with van der Waals surface area (Å²) in [4.78, 5) is 48.3. The predicted octanol–water partition coefficient (Wildman–Crippen LogP) is 4.63. The van der Waals surface area contributed by atoms with Gasteiger partial charge in [-0.25, -0.2) is 4.79 Å². The van der Waals surface area contributed by atoms with Gasteiger partial charge in [0.1, 0.15) is 18.8 Å². The van der Waals surface area contributed by atoms with Crippen LogP contribution in [0.15, 0.2) is 18.2 Å². The number of carbonyl (C=O) groups excluding carboxylic acids is 4. The summed E-state index contributed by atoms with van der Waals surface area (Å²) in [6, 6.07) is 3.67. The molecule has 208 valence electrons.